The summed E-state index contributed by atoms with van der Waals surface area (Å²) >= 11 is 3.40. The molecular weight excluding hydrogens is 386 g/mol. The zero-order valence-electron chi connectivity index (χ0n) is 13.6. The molecule has 1 N–H and O–H groups in total. The number of carbonyl (C=O) groups excluding carboxylic acids is 1. The van der Waals surface area contributed by atoms with E-state index in [0.29, 0.717) is 17.7 Å². The molecule has 0 saturated carbocycles. The maximum Gasteiger partial charge on any atom is 0.333 e. The zero-order chi connectivity index (χ0) is 18.0. The average molecular weight is 402 g/mol. The summed E-state index contributed by atoms with van der Waals surface area (Å²) in [5, 5.41) is 18.9. The molecule has 3 rings (SSSR count). The van der Waals surface area contributed by atoms with Gasteiger partial charge in [-0.2, -0.15) is 0 Å². The third kappa shape index (κ3) is 3.88. The molecule has 0 saturated heterocycles. The second-order valence-corrected chi connectivity index (χ2v) is 6.53. The molecule has 0 fully saturated rings. The van der Waals surface area contributed by atoms with Crippen LogP contribution in [-0.2, 0) is 16.0 Å². The summed E-state index contributed by atoms with van der Waals surface area (Å²) in [5.74, 6) is -0.341. The van der Waals surface area contributed by atoms with Crippen LogP contribution in [0.3, 0.4) is 0 Å². The number of esters is 1. The van der Waals surface area contributed by atoms with E-state index in [9.17, 15) is 9.90 Å². The summed E-state index contributed by atoms with van der Waals surface area (Å²) < 4.78 is 6.01. The van der Waals surface area contributed by atoms with E-state index in [1.54, 1.807) is 25.1 Å². The summed E-state index contributed by atoms with van der Waals surface area (Å²) in [6, 6.07) is 10.7. The van der Waals surface area contributed by atoms with Gasteiger partial charge in [0.15, 0.2) is 0 Å². The van der Waals surface area contributed by atoms with Crippen molar-refractivity contribution in [3.8, 4) is 11.4 Å². The number of hydrogen-bond acceptors (Lipinski definition) is 5. The first kappa shape index (κ1) is 17.2. The second-order valence-electron chi connectivity index (χ2n) is 5.61. The Morgan fingerprint density at radius 1 is 1.24 bits per heavy atom. The third-order valence-corrected chi connectivity index (χ3v) is 4.06. The Balaban J connectivity index is 1.83. The van der Waals surface area contributed by atoms with Crippen molar-refractivity contribution in [3.05, 3.63) is 58.6 Å². The van der Waals surface area contributed by atoms with Gasteiger partial charge in [-0.05, 0) is 42.8 Å². The van der Waals surface area contributed by atoms with Crippen molar-refractivity contribution >= 4 is 32.9 Å². The molecule has 25 heavy (non-hydrogen) atoms. The van der Waals surface area contributed by atoms with E-state index in [4.69, 9.17) is 4.74 Å². The average Bonchev–Trinajstić information content (AvgIpc) is 2.98. The summed E-state index contributed by atoms with van der Waals surface area (Å²) in [6.45, 7) is 5.38. The number of carbonyl (C=O) groups is 1. The van der Waals surface area contributed by atoms with E-state index < -0.39 is 5.97 Å². The number of aromatic hydroxyl groups is 1. The van der Waals surface area contributed by atoms with Crippen molar-refractivity contribution < 1.29 is 14.6 Å². The molecule has 6 nitrogen and oxygen atoms in total. The molecule has 0 spiro atoms. The minimum atomic E-state index is -0.412. The highest BCUT2D eigenvalue weighted by Crippen LogP contribution is 2.24. The van der Waals surface area contributed by atoms with Crippen LogP contribution >= 0.6 is 15.9 Å². The van der Waals surface area contributed by atoms with Crippen molar-refractivity contribution in [1.29, 1.82) is 0 Å². The molecule has 0 aliphatic heterocycles. The fraction of sp³-hybridized carbons (Fsp3) is 0.167. The van der Waals surface area contributed by atoms with Gasteiger partial charge >= 0.3 is 5.97 Å². The number of ether oxygens (including phenoxy) is 1. The molecule has 7 heteroatoms. The zero-order valence-corrected chi connectivity index (χ0v) is 15.2. The highest BCUT2D eigenvalue weighted by atomic mass is 79.9. The van der Waals surface area contributed by atoms with Crippen molar-refractivity contribution in [2.24, 2.45) is 0 Å². The first-order valence-corrected chi connectivity index (χ1v) is 8.41. The van der Waals surface area contributed by atoms with E-state index in [1.807, 2.05) is 18.2 Å². The quantitative estimate of drug-likeness (QED) is 0.522. The first-order chi connectivity index (χ1) is 11.9. The van der Waals surface area contributed by atoms with Gasteiger partial charge in [0.25, 0.3) is 0 Å². The van der Waals surface area contributed by atoms with Gasteiger partial charge in [0, 0.05) is 16.5 Å². The minimum absolute atomic E-state index is 0.0713. The van der Waals surface area contributed by atoms with Gasteiger partial charge in [-0.3, -0.25) is 0 Å². The Bertz CT molecular complexity index is 965. The van der Waals surface area contributed by atoms with E-state index >= 15 is 0 Å². The molecule has 0 bridgehead atoms. The fourth-order valence-electron chi connectivity index (χ4n) is 2.26. The van der Waals surface area contributed by atoms with E-state index in [0.717, 1.165) is 21.1 Å². The Labute approximate surface area is 152 Å². The Morgan fingerprint density at radius 3 is 2.76 bits per heavy atom. The molecule has 1 aromatic heterocycles. The largest absolute Gasteiger partial charge is 0.506 e. The van der Waals surface area contributed by atoms with Gasteiger partial charge in [0.05, 0.1) is 6.61 Å². The molecule has 0 aliphatic carbocycles. The highest BCUT2D eigenvalue weighted by Gasteiger charge is 2.11. The van der Waals surface area contributed by atoms with Gasteiger partial charge < -0.3 is 9.84 Å². The summed E-state index contributed by atoms with van der Waals surface area (Å²) in [7, 11) is 0. The second kappa shape index (κ2) is 7.06. The maximum absolute atomic E-state index is 11.4. The predicted molar refractivity (Wildman–Crippen MR) is 97.7 cm³/mol. The van der Waals surface area contributed by atoms with Gasteiger partial charge in [0.2, 0.25) is 0 Å². The lowest BCUT2D eigenvalue weighted by atomic mass is 10.1. The molecule has 128 valence electrons. The molecule has 0 atom stereocenters. The SMILES string of the molecule is C=C(C)C(=O)OCCc1ccc(O)c(-n2nc3ccc(Br)cc3n2)c1. The number of aromatic nitrogens is 3. The van der Waals surface area contributed by atoms with Crippen LogP contribution in [-0.4, -0.2) is 32.7 Å². The number of halogens is 1. The van der Waals surface area contributed by atoms with Gasteiger partial charge in [-0.1, -0.05) is 28.6 Å². The number of benzene rings is 2. The number of phenols is 1. The highest BCUT2D eigenvalue weighted by molar-refractivity contribution is 9.10. The number of nitrogens with zero attached hydrogens (tertiary/aromatic N) is 3. The number of fused-ring (bicyclic) bond motifs is 1. The lowest BCUT2D eigenvalue weighted by Crippen LogP contribution is -2.08. The van der Waals surface area contributed by atoms with Crippen molar-refractivity contribution in [2.75, 3.05) is 6.61 Å². The van der Waals surface area contributed by atoms with Crippen LogP contribution in [0.25, 0.3) is 16.7 Å². The Kier molecular flexibility index (Phi) is 4.85. The molecular formula is C18H16BrN3O3. The molecule has 1 heterocycles. The van der Waals surface area contributed by atoms with Crippen molar-refractivity contribution in [3.63, 3.8) is 0 Å². The predicted octanol–water partition coefficient (Wildman–Crippen LogP) is 3.55. The standard InChI is InChI=1S/C18H16BrN3O3/c1-11(2)18(24)25-8-7-12-3-6-17(23)16(9-12)22-20-14-5-4-13(19)10-15(14)21-22/h3-6,9-10,23H,1,7-8H2,2H3. The number of rotatable bonds is 5. The lowest BCUT2D eigenvalue weighted by Gasteiger charge is -2.08. The van der Waals surface area contributed by atoms with Crippen LogP contribution in [0.5, 0.6) is 5.75 Å². The van der Waals surface area contributed by atoms with Gasteiger partial charge in [-0.25, -0.2) is 4.79 Å². The molecule has 0 radical (unpaired) electrons. The molecule has 0 aliphatic rings. The van der Waals surface area contributed by atoms with Crippen molar-refractivity contribution in [1.82, 2.24) is 15.0 Å². The minimum Gasteiger partial charge on any atom is -0.506 e. The monoisotopic (exact) mass is 401 g/mol. The lowest BCUT2D eigenvalue weighted by molar-refractivity contribution is -0.138. The molecule has 0 unspecified atom stereocenters. The smallest absolute Gasteiger partial charge is 0.333 e. The molecule has 0 amide bonds. The third-order valence-electron chi connectivity index (χ3n) is 3.57. The normalized spacial score (nSPS) is 10.8. The summed E-state index contributed by atoms with van der Waals surface area (Å²) in [5.41, 5.74) is 3.17. The van der Waals surface area contributed by atoms with Crippen LogP contribution in [0.4, 0.5) is 0 Å². The maximum atomic E-state index is 11.4. The summed E-state index contributed by atoms with van der Waals surface area (Å²) in [4.78, 5) is 12.8. The van der Waals surface area contributed by atoms with E-state index in [-0.39, 0.29) is 12.4 Å². The van der Waals surface area contributed by atoms with Gasteiger partial charge in [0.1, 0.15) is 22.5 Å². The van der Waals surface area contributed by atoms with Crippen LogP contribution in [0, 0.1) is 0 Å². The fourth-order valence-corrected chi connectivity index (χ4v) is 2.61. The first-order valence-electron chi connectivity index (χ1n) is 7.61. The van der Waals surface area contributed by atoms with Crippen LogP contribution in [0.2, 0.25) is 0 Å². The van der Waals surface area contributed by atoms with Crippen LogP contribution in [0.1, 0.15) is 12.5 Å². The number of phenolic OH excluding ortho intramolecular Hbond substituents is 1. The number of hydrogen-bond donors (Lipinski definition) is 1. The van der Waals surface area contributed by atoms with E-state index in [2.05, 4.69) is 32.7 Å². The van der Waals surface area contributed by atoms with E-state index in [1.165, 1.54) is 4.80 Å². The Hall–Kier alpha value is -2.67. The van der Waals surface area contributed by atoms with Crippen LogP contribution in [0.15, 0.2) is 53.0 Å². The molecule has 2 aromatic carbocycles. The van der Waals surface area contributed by atoms with Gasteiger partial charge in [-0.15, -0.1) is 15.0 Å². The van der Waals surface area contributed by atoms with Crippen molar-refractivity contribution in [2.45, 2.75) is 13.3 Å². The van der Waals surface area contributed by atoms with Crippen LogP contribution < -0.4 is 0 Å². The Morgan fingerprint density at radius 2 is 2.00 bits per heavy atom. The topological polar surface area (TPSA) is 77.2 Å². The summed E-state index contributed by atoms with van der Waals surface area (Å²) in [6.07, 6.45) is 0.513. The molecule has 3 aromatic rings.